The summed E-state index contributed by atoms with van der Waals surface area (Å²) in [4.78, 5) is 11.9. The van der Waals surface area contributed by atoms with Gasteiger partial charge in [-0.05, 0) is 30.7 Å². The van der Waals surface area contributed by atoms with Crippen molar-refractivity contribution in [2.75, 3.05) is 0 Å². The molecule has 0 spiro atoms. The smallest absolute Gasteiger partial charge is 0.271 e. The first-order valence-electron chi connectivity index (χ1n) is 6.18. The molecule has 0 fully saturated rings. The molecule has 1 aromatic heterocycles. The van der Waals surface area contributed by atoms with Crippen LogP contribution in [-0.4, -0.2) is 12.1 Å². The molecule has 0 aliphatic carbocycles. The van der Waals surface area contributed by atoms with Crippen molar-refractivity contribution in [1.29, 1.82) is 0 Å². The Morgan fingerprint density at radius 2 is 2.11 bits per heavy atom. The fourth-order valence-corrected chi connectivity index (χ4v) is 1.70. The third kappa shape index (κ3) is 3.31. The number of hydrogen-bond donors (Lipinski definition) is 1. The minimum absolute atomic E-state index is 0.225. The summed E-state index contributed by atoms with van der Waals surface area (Å²) in [7, 11) is 0. The van der Waals surface area contributed by atoms with Crippen LogP contribution in [0.1, 0.15) is 34.4 Å². The SMILES string of the molecule is CCc1ccc(/C=N/NC(=O)c2ccccc2C)o1. The predicted octanol–water partition coefficient (Wildman–Crippen LogP) is 2.91. The van der Waals surface area contributed by atoms with E-state index < -0.39 is 0 Å². The number of furan rings is 1. The van der Waals surface area contributed by atoms with Gasteiger partial charge in [0.1, 0.15) is 11.5 Å². The first-order valence-corrected chi connectivity index (χ1v) is 6.18. The standard InChI is InChI=1S/C15H16N2O2/c1-3-12-8-9-13(19-12)10-16-17-15(18)14-7-5-4-6-11(14)2/h4-10H,3H2,1-2H3,(H,17,18)/b16-10+. The van der Waals surface area contributed by atoms with Gasteiger partial charge in [0.15, 0.2) is 0 Å². The van der Waals surface area contributed by atoms with Crippen LogP contribution in [0, 0.1) is 6.92 Å². The average Bonchev–Trinajstić information content (AvgIpc) is 2.87. The third-order valence-corrected chi connectivity index (χ3v) is 2.78. The molecule has 4 nitrogen and oxygen atoms in total. The number of aryl methyl sites for hydroxylation is 2. The predicted molar refractivity (Wildman–Crippen MR) is 74.3 cm³/mol. The van der Waals surface area contributed by atoms with Crippen LogP contribution < -0.4 is 5.43 Å². The number of benzene rings is 1. The van der Waals surface area contributed by atoms with E-state index in [-0.39, 0.29) is 5.91 Å². The van der Waals surface area contributed by atoms with Gasteiger partial charge in [0.05, 0.1) is 6.21 Å². The molecule has 1 heterocycles. The van der Waals surface area contributed by atoms with Crippen molar-refractivity contribution in [3.63, 3.8) is 0 Å². The topological polar surface area (TPSA) is 54.6 Å². The highest BCUT2D eigenvalue weighted by molar-refractivity contribution is 5.96. The molecule has 0 saturated carbocycles. The Morgan fingerprint density at radius 3 is 2.79 bits per heavy atom. The van der Waals surface area contributed by atoms with Crippen molar-refractivity contribution in [2.24, 2.45) is 5.10 Å². The summed E-state index contributed by atoms with van der Waals surface area (Å²) in [5.74, 6) is 1.30. The lowest BCUT2D eigenvalue weighted by Gasteiger charge is -2.02. The molecule has 0 unspecified atom stereocenters. The minimum Gasteiger partial charge on any atom is -0.460 e. The van der Waals surface area contributed by atoms with Crippen molar-refractivity contribution in [1.82, 2.24) is 5.43 Å². The van der Waals surface area contributed by atoms with E-state index >= 15 is 0 Å². The van der Waals surface area contributed by atoms with Crippen molar-refractivity contribution in [3.8, 4) is 0 Å². The van der Waals surface area contributed by atoms with Gasteiger partial charge in [0.2, 0.25) is 0 Å². The number of nitrogens with one attached hydrogen (secondary N) is 1. The van der Waals surface area contributed by atoms with Crippen LogP contribution in [0.2, 0.25) is 0 Å². The van der Waals surface area contributed by atoms with Crippen LogP contribution in [0.4, 0.5) is 0 Å². The van der Waals surface area contributed by atoms with Crippen molar-refractivity contribution >= 4 is 12.1 Å². The highest BCUT2D eigenvalue weighted by atomic mass is 16.3. The van der Waals surface area contributed by atoms with Crippen molar-refractivity contribution in [2.45, 2.75) is 20.3 Å². The van der Waals surface area contributed by atoms with E-state index in [1.807, 2.05) is 44.2 Å². The minimum atomic E-state index is -0.225. The normalized spacial score (nSPS) is 10.8. The van der Waals surface area contributed by atoms with Gasteiger partial charge in [0, 0.05) is 12.0 Å². The highest BCUT2D eigenvalue weighted by Gasteiger charge is 2.06. The number of nitrogens with zero attached hydrogens (tertiary/aromatic N) is 1. The molecule has 2 aromatic rings. The maximum atomic E-state index is 11.9. The molecule has 4 heteroatoms. The Labute approximate surface area is 112 Å². The van der Waals surface area contributed by atoms with Gasteiger partial charge in [-0.2, -0.15) is 5.10 Å². The molecule has 1 amide bonds. The number of hydrazone groups is 1. The van der Waals surface area contributed by atoms with Gasteiger partial charge in [-0.15, -0.1) is 0 Å². The van der Waals surface area contributed by atoms with E-state index in [0.717, 1.165) is 17.7 Å². The Kier molecular flexibility index (Phi) is 4.13. The number of carbonyl (C=O) groups excluding carboxylic acids is 1. The molecule has 0 saturated heterocycles. The van der Waals surface area contributed by atoms with Crippen LogP contribution in [0.3, 0.4) is 0 Å². The third-order valence-electron chi connectivity index (χ3n) is 2.78. The molecule has 1 N–H and O–H groups in total. The van der Waals surface area contributed by atoms with E-state index in [2.05, 4.69) is 10.5 Å². The summed E-state index contributed by atoms with van der Waals surface area (Å²) < 4.78 is 5.44. The molecular formula is C15H16N2O2. The zero-order valence-corrected chi connectivity index (χ0v) is 11.0. The molecule has 0 aliphatic heterocycles. The van der Waals surface area contributed by atoms with E-state index in [0.29, 0.717) is 11.3 Å². The van der Waals surface area contributed by atoms with E-state index in [1.165, 1.54) is 6.21 Å². The Hall–Kier alpha value is -2.36. The summed E-state index contributed by atoms with van der Waals surface area (Å²) in [5, 5.41) is 3.89. The fraction of sp³-hybridized carbons (Fsp3) is 0.200. The van der Waals surface area contributed by atoms with Gasteiger partial charge in [-0.1, -0.05) is 25.1 Å². The molecule has 2 rings (SSSR count). The number of hydrogen-bond acceptors (Lipinski definition) is 3. The summed E-state index contributed by atoms with van der Waals surface area (Å²) in [5.41, 5.74) is 4.02. The number of amides is 1. The lowest BCUT2D eigenvalue weighted by Crippen LogP contribution is -2.18. The van der Waals surface area contributed by atoms with Crippen LogP contribution in [0.25, 0.3) is 0 Å². The number of rotatable bonds is 4. The second kappa shape index (κ2) is 6.00. The second-order valence-electron chi connectivity index (χ2n) is 4.17. The largest absolute Gasteiger partial charge is 0.460 e. The molecule has 19 heavy (non-hydrogen) atoms. The zero-order chi connectivity index (χ0) is 13.7. The maximum absolute atomic E-state index is 11.9. The number of carbonyl (C=O) groups is 1. The average molecular weight is 256 g/mol. The van der Waals surface area contributed by atoms with Crippen molar-refractivity contribution < 1.29 is 9.21 Å². The lowest BCUT2D eigenvalue weighted by atomic mass is 10.1. The molecule has 0 atom stereocenters. The molecule has 0 aliphatic rings. The van der Waals surface area contributed by atoms with Crippen LogP contribution >= 0.6 is 0 Å². The molecule has 0 bridgehead atoms. The van der Waals surface area contributed by atoms with Gasteiger partial charge < -0.3 is 4.42 Å². The maximum Gasteiger partial charge on any atom is 0.271 e. The Bertz CT molecular complexity index is 600. The summed E-state index contributed by atoms with van der Waals surface area (Å²) >= 11 is 0. The van der Waals surface area contributed by atoms with Crippen molar-refractivity contribution in [3.05, 3.63) is 59.0 Å². The van der Waals surface area contributed by atoms with Crippen LogP contribution in [0.5, 0.6) is 0 Å². The first-order chi connectivity index (χ1) is 9.20. The van der Waals surface area contributed by atoms with Crippen LogP contribution in [0.15, 0.2) is 45.9 Å². The van der Waals surface area contributed by atoms with E-state index in [9.17, 15) is 4.79 Å². The Morgan fingerprint density at radius 1 is 1.32 bits per heavy atom. The van der Waals surface area contributed by atoms with Gasteiger partial charge in [-0.25, -0.2) is 5.43 Å². The monoisotopic (exact) mass is 256 g/mol. The first kappa shape index (κ1) is 13.1. The molecule has 98 valence electrons. The van der Waals surface area contributed by atoms with Gasteiger partial charge in [0.25, 0.3) is 5.91 Å². The molecule has 0 radical (unpaired) electrons. The van der Waals surface area contributed by atoms with Gasteiger partial charge in [-0.3, -0.25) is 4.79 Å². The highest BCUT2D eigenvalue weighted by Crippen LogP contribution is 2.07. The molecule has 1 aromatic carbocycles. The lowest BCUT2D eigenvalue weighted by molar-refractivity contribution is 0.0954. The Balaban J connectivity index is 1.99. The van der Waals surface area contributed by atoms with Crippen LogP contribution in [-0.2, 0) is 6.42 Å². The van der Waals surface area contributed by atoms with Gasteiger partial charge >= 0.3 is 0 Å². The van der Waals surface area contributed by atoms with E-state index in [1.54, 1.807) is 6.07 Å². The second-order valence-corrected chi connectivity index (χ2v) is 4.17. The quantitative estimate of drug-likeness (QED) is 0.675. The summed E-state index contributed by atoms with van der Waals surface area (Å²) in [6.07, 6.45) is 2.33. The zero-order valence-electron chi connectivity index (χ0n) is 11.0. The van der Waals surface area contributed by atoms with E-state index in [4.69, 9.17) is 4.42 Å². The summed E-state index contributed by atoms with van der Waals surface area (Å²) in [6.45, 7) is 3.90. The fourth-order valence-electron chi connectivity index (χ4n) is 1.70. The molecular weight excluding hydrogens is 240 g/mol. The summed E-state index contributed by atoms with van der Waals surface area (Å²) in [6, 6.07) is 11.1.